The van der Waals surface area contributed by atoms with Crippen LogP contribution in [0.3, 0.4) is 0 Å². The van der Waals surface area contributed by atoms with Gasteiger partial charge in [-0.15, -0.1) is 4.37 Å². The molecule has 1 aromatic heterocycles. The summed E-state index contributed by atoms with van der Waals surface area (Å²) in [6.45, 7) is 2.86. The highest BCUT2D eigenvalue weighted by molar-refractivity contribution is 6.99. The molecule has 2 aliphatic heterocycles. The van der Waals surface area contributed by atoms with E-state index in [-0.39, 0.29) is 25.4 Å². The average molecular weight is 366 g/mol. The maximum atomic E-state index is 12.0. The van der Waals surface area contributed by atoms with E-state index >= 15 is 0 Å². The van der Waals surface area contributed by atoms with E-state index in [0.29, 0.717) is 5.88 Å². The summed E-state index contributed by atoms with van der Waals surface area (Å²) in [6, 6.07) is 0. The Hall–Kier alpha value is -1.13. The average Bonchev–Trinajstić information content (AvgIpc) is 3.15. The number of likely N-dealkylation sites (tertiary alicyclic amines) is 1. The highest BCUT2D eigenvalue weighted by Crippen LogP contribution is 2.40. The van der Waals surface area contributed by atoms with Gasteiger partial charge < -0.3 is 14.4 Å². The van der Waals surface area contributed by atoms with Gasteiger partial charge in [0, 0.05) is 25.2 Å². The van der Waals surface area contributed by atoms with Gasteiger partial charge in [-0.05, 0) is 19.9 Å². The second kappa shape index (κ2) is 7.01. The molecule has 0 aromatic carbocycles. The highest BCUT2D eigenvalue weighted by atomic mass is 32.1. The molecule has 2 saturated heterocycles. The SMILES string of the molecule is CN1CCC12CCN(c1nsnc1OCCOCCC(F)(F)F)C2. The Labute approximate surface area is 142 Å². The van der Waals surface area contributed by atoms with E-state index in [4.69, 9.17) is 9.47 Å². The molecular formula is C14H21F3N4O2S. The molecule has 24 heavy (non-hydrogen) atoms. The molecule has 10 heteroatoms. The van der Waals surface area contributed by atoms with Gasteiger partial charge in [0.2, 0.25) is 5.82 Å². The third kappa shape index (κ3) is 3.92. The molecule has 0 aliphatic carbocycles. The van der Waals surface area contributed by atoms with Crippen molar-refractivity contribution in [2.24, 2.45) is 0 Å². The Morgan fingerprint density at radius 1 is 1.17 bits per heavy atom. The molecule has 1 unspecified atom stereocenters. The van der Waals surface area contributed by atoms with E-state index in [1.807, 2.05) is 0 Å². The predicted octanol–water partition coefficient (Wildman–Crippen LogP) is 2.17. The lowest BCUT2D eigenvalue weighted by Crippen LogP contribution is -2.59. The zero-order chi connectivity index (χ0) is 17.2. The van der Waals surface area contributed by atoms with Crippen LogP contribution in [-0.2, 0) is 4.74 Å². The number of aromatic nitrogens is 2. The Balaban J connectivity index is 1.43. The summed E-state index contributed by atoms with van der Waals surface area (Å²) < 4.78 is 54.9. The fraction of sp³-hybridized carbons (Fsp3) is 0.857. The largest absolute Gasteiger partial charge is 0.472 e. The van der Waals surface area contributed by atoms with Crippen molar-refractivity contribution in [1.29, 1.82) is 0 Å². The van der Waals surface area contributed by atoms with Crippen molar-refractivity contribution >= 4 is 17.5 Å². The molecule has 0 bridgehead atoms. The summed E-state index contributed by atoms with van der Waals surface area (Å²) in [7, 11) is 2.14. The van der Waals surface area contributed by atoms with E-state index in [1.165, 1.54) is 6.42 Å². The lowest BCUT2D eigenvalue weighted by Gasteiger charge is -2.48. The summed E-state index contributed by atoms with van der Waals surface area (Å²) in [4.78, 5) is 4.56. The molecule has 1 spiro atoms. The van der Waals surface area contributed by atoms with Gasteiger partial charge in [0.1, 0.15) is 6.61 Å². The third-order valence-corrected chi connectivity index (χ3v) is 5.29. The number of anilines is 1. The van der Waals surface area contributed by atoms with Crippen LogP contribution in [-0.4, -0.2) is 71.9 Å². The van der Waals surface area contributed by atoms with E-state index in [2.05, 4.69) is 25.6 Å². The van der Waals surface area contributed by atoms with Crippen LogP contribution < -0.4 is 9.64 Å². The van der Waals surface area contributed by atoms with Crippen molar-refractivity contribution < 1.29 is 22.6 Å². The second-order valence-corrected chi connectivity index (χ2v) is 6.81. The molecule has 0 amide bonds. The van der Waals surface area contributed by atoms with Gasteiger partial charge in [-0.2, -0.15) is 17.5 Å². The van der Waals surface area contributed by atoms with Gasteiger partial charge in [-0.3, -0.25) is 4.90 Å². The first-order valence-electron chi connectivity index (χ1n) is 7.96. The van der Waals surface area contributed by atoms with Crippen LogP contribution in [0.4, 0.5) is 19.0 Å². The molecule has 2 aliphatic rings. The molecule has 0 N–H and O–H groups in total. The van der Waals surface area contributed by atoms with Crippen LogP contribution in [0.1, 0.15) is 19.3 Å². The monoisotopic (exact) mass is 366 g/mol. The number of hydrogen-bond acceptors (Lipinski definition) is 7. The Kier molecular flexibility index (Phi) is 5.16. The number of ether oxygens (including phenoxy) is 2. The van der Waals surface area contributed by atoms with Crippen molar-refractivity contribution in [3.8, 4) is 5.88 Å². The van der Waals surface area contributed by atoms with Crippen LogP contribution in [0.25, 0.3) is 0 Å². The Bertz CT molecular complexity index is 556. The van der Waals surface area contributed by atoms with Gasteiger partial charge in [0.05, 0.1) is 31.4 Å². The first kappa shape index (κ1) is 17.7. The molecule has 136 valence electrons. The molecule has 3 heterocycles. The first-order chi connectivity index (χ1) is 11.4. The standard InChI is InChI=1S/C14H21F3N4O2S/c1-20-5-2-13(20)3-6-21(10-13)11-12(19-24-18-11)23-9-8-22-7-4-14(15,16)17/h2-10H2,1H3. The van der Waals surface area contributed by atoms with Crippen LogP contribution in [0.15, 0.2) is 0 Å². The van der Waals surface area contributed by atoms with Crippen LogP contribution in [0.2, 0.25) is 0 Å². The topological polar surface area (TPSA) is 50.7 Å². The number of rotatable bonds is 7. The predicted molar refractivity (Wildman–Crippen MR) is 83.7 cm³/mol. The first-order valence-corrected chi connectivity index (χ1v) is 8.69. The summed E-state index contributed by atoms with van der Waals surface area (Å²) in [6.07, 6.45) is -2.84. The zero-order valence-corrected chi connectivity index (χ0v) is 14.3. The Morgan fingerprint density at radius 3 is 2.58 bits per heavy atom. The van der Waals surface area contributed by atoms with Gasteiger partial charge in [-0.25, -0.2) is 0 Å². The van der Waals surface area contributed by atoms with Gasteiger partial charge in [0.25, 0.3) is 5.88 Å². The van der Waals surface area contributed by atoms with Crippen molar-refractivity contribution in [2.75, 3.05) is 51.4 Å². The molecule has 3 rings (SSSR count). The van der Waals surface area contributed by atoms with Gasteiger partial charge >= 0.3 is 6.18 Å². The summed E-state index contributed by atoms with van der Waals surface area (Å²) in [5.41, 5.74) is 0.252. The molecule has 6 nitrogen and oxygen atoms in total. The molecule has 0 radical (unpaired) electrons. The minimum absolute atomic E-state index is 0.0969. The van der Waals surface area contributed by atoms with Crippen LogP contribution in [0, 0.1) is 0 Å². The van der Waals surface area contributed by atoms with E-state index in [0.717, 1.165) is 43.6 Å². The quantitative estimate of drug-likeness (QED) is 0.690. The molecular weight excluding hydrogens is 345 g/mol. The van der Waals surface area contributed by atoms with E-state index in [9.17, 15) is 13.2 Å². The minimum Gasteiger partial charge on any atom is -0.472 e. The third-order valence-electron chi connectivity index (χ3n) is 4.79. The lowest BCUT2D eigenvalue weighted by atomic mass is 9.85. The molecule has 0 saturated carbocycles. The summed E-state index contributed by atoms with van der Waals surface area (Å²) in [5, 5.41) is 0. The number of halogens is 3. The fourth-order valence-electron chi connectivity index (χ4n) is 3.15. The molecule has 1 atom stereocenters. The maximum absolute atomic E-state index is 12.0. The van der Waals surface area contributed by atoms with Crippen LogP contribution in [0.5, 0.6) is 5.88 Å². The van der Waals surface area contributed by atoms with Crippen molar-refractivity contribution in [1.82, 2.24) is 13.6 Å². The zero-order valence-electron chi connectivity index (χ0n) is 13.5. The summed E-state index contributed by atoms with van der Waals surface area (Å²) >= 11 is 1.08. The van der Waals surface area contributed by atoms with E-state index < -0.39 is 12.6 Å². The number of alkyl halides is 3. The lowest BCUT2D eigenvalue weighted by molar-refractivity contribution is -0.145. The second-order valence-electron chi connectivity index (χ2n) is 6.29. The van der Waals surface area contributed by atoms with Gasteiger partial charge in [-0.1, -0.05) is 0 Å². The number of hydrogen-bond donors (Lipinski definition) is 0. The Morgan fingerprint density at radius 2 is 1.96 bits per heavy atom. The fourth-order valence-corrected chi connectivity index (χ4v) is 3.67. The van der Waals surface area contributed by atoms with Crippen molar-refractivity contribution in [3.05, 3.63) is 0 Å². The van der Waals surface area contributed by atoms with Crippen LogP contribution >= 0.6 is 11.7 Å². The maximum Gasteiger partial charge on any atom is 0.391 e. The number of likely N-dealkylation sites (N-methyl/N-ethyl adjacent to an activating group) is 1. The normalized spacial score (nSPS) is 24.6. The highest BCUT2D eigenvalue weighted by Gasteiger charge is 2.48. The van der Waals surface area contributed by atoms with Crippen molar-refractivity contribution in [3.63, 3.8) is 0 Å². The number of nitrogens with zero attached hydrogens (tertiary/aromatic N) is 4. The molecule has 1 aromatic rings. The minimum atomic E-state index is -4.19. The van der Waals surface area contributed by atoms with Gasteiger partial charge in [0.15, 0.2) is 0 Å². The smallest absolute Gasteiger partial charge is 0.391 e. The molecule has 2 fully saturated rings. The summed E-state index contributed by atoms with van der Waals surface area (Å²) in [5.74, 6) is 1.17. The van der Waals surface area contributed by atoms with Crippen molar-refractivity contribution in [2.45, 2.75) is 31.0 Å². The van der Waals surface area contributed by atoms with E-state index in [1.54, 1.807) is 0 Å².